The van der Waals surface area contributed by atoms with Crippen molar-refractivity contribution in [1.82, 2.24) is 4.90 Å². The molecular formula is C22H24N4O5S. The van der Waals surface area contributed by atoms with Crippen LogP contribution in [-0.4, -0.2) is 44.3 Å². The highest BCUT2D eigenvalue weighted by atomic mass is 32.2. The Morgan fingerprint density at radius 1 is 1.19 bits per heavy atom. The van der Waals surface area contributed by atoms with Gasteiger partial charge in [0.15, 0.2) is 6.10 Å². The van der Waals surface area contributed by atoms with Crippen molar-refractivity contribution in [3.05, 3.63) is 54.1 Å². The SMILES string of the molecule is CC(Oc1cccc(C#N)c1)C(=O)N1CCC(C(=O)Nc2ccc(S(N)(=O)=O)cc2)CC1. The minimum absolute atomic E-state index is 0.0296. The summed E-state index contributed by atoms with van der Waals surface area (Å²) in [7, 11) is -3.79. The van der Waals surface area contributed by atoms with Crippen LogP contribution in [0.3, 0.4) is 0 Å². The van der Waals surface area contributed by atoms with E-state index >= 15 is 0 Å². The monoisotopic (exact) mass is 456 g/mol. The molecule has 32 heavy (non-hydrogen) atoms. The summed E-state index contributed by atoms with van der Waals surface area (Å²) in [5, 5.41) is 16.8. The zero-order valence-corrected chi connectivity index (χ0v) is 18.3. The topological polar surface area (TPSA) is 143 Å². The van der Waals surface area contributed by atoms with Gasteiger partial charge in [0, 0.05) is 24.7 Å². The highest BCUT2D eigenvalue weighted by molar-refractivity contribution is 7.89. The summed E-state index contributed by atoms with van der Waals surface area (Å²) in [4.78, 5) is 26.9. The number of likely N-dealkylation sites (tertiary alicyclic amines) is 1. The molecule has 10 heteroatoms. The van der Waals surface area contributed by atoms with Crippen LogP contribution in [0.1, 0.15) is 25.3 Å². The van der Waals surface area contributed by atoms with Crippen LogP contribution in [0.2, 0.25) is 0 Å². The van der Waals surface area contributed by atoms with Gasteiger partial charge in [-0.25, -0.2) is 13.6 Å². The number of hydrogen-bond acceptors (Lipinski definition) is 6. The molecule has 2 amide bonds. The van der Waals surface area contributed by atoms with Crippen LogP contribution in [0.4, 0.5) is 5.69 Å². The Morgan fingerprint density at radius 3 is 2.44 bits per heavy atom. The van der Waals surface area contributed by atoms with Crippen LogP contribution < -0.4 is 15.2 Å². The van der Waals surface area contributed by atoms with E-state index in [1.807, 2.05) is 6.07 Å². The molecule has 1 unspecified atom stereocenters. The second-order valence-corrected chi connectivity index (χ2v) is 9.12. The number of carbonyl (C=O) groups is 2. The van der Waals surface area contributed by atoms with Crippen LogP contribution >= 0.6 is 0 Å². The maximum Gasteiger partial charge on any atom is 0.263 e. The number of piperidine rings is 1. The van der Waals surface area contributed by atoms with E-state index in [0.29, 0.717) is 42.9 Å². The third-order valence-corrected chi connectivity index (χ3v) is 6.18. The van der Waals surface area contributed by atoms with E-state index in [1.54, 1.807) is 36.1 Å². The molecule has 0 spiro atoms. The van der Waals surface area contributed by atoms with Gasteiger partial charge in [-0.2, -0.15) is 5.26 Å². The molecule has 1 atom stereocenters. The first-order valence-electron chi connectivity index (χ1n) is 10.1. The lowest BCUT2D eigenvalue weighted by Crippen LogP contribution is -2.46. The van der Waals surface area contributed by atoms with Gasteiger partial charge in [-0.15, -0.1) is 0 Å². The first-order chi connectivity index (χ1) is 15.2. The van der Waals surface area contributed by atoms with Gasteiger partial charge in [0.25, 0.3) is 5.91 Å². The van der Waals surface area contributed by atoms with E-state index in [-0.39, 0.29) is 22.6 Å². The molecule has 2 aromatic carbocycles. The van der Waals surface area contributed by atoms with E-state index in [2.05, 4.69) is 5.32 Å². The number of nitrogens with one attached hydrogen (secondary N) is 1. The standard InChI is InChI=1S/C22H24N4O5S/c1-15(31-19-4-2-3-16(13-19)14-23)22(28)26-11-9-17(10-12-26)21(27)25-18-5-7-20(8-6-18)32(24,29)30/h2-8,13,15,17H,9-12H2,1H3,(H,25,27)(H2,24,29,30). The second kappa shape index (κ2) is 9.80. The third-order valence-electron chi connectivity index (χ3n) is 5.25. The average molecular weight is 457 g/mol. The Labute approximate surface area is 186 Å². The summed E-state index contributed by atoms with van der Waals surface area (Å²) in [6, 6.07) is 14.3. The molecule has 1 heterocycles. The summed E-state index contributed by atoms with van der Waals surface area (Å²) in [6.45, 7) is 2.51. The van der Waals surface area contributed by atoms with E-state index in [9.17, 15) is 18.0 Å². The predicted molar refractivity (Wildman–Crippen MR) is 117 cm³/mol. The lowest BCUT2D eigenvalue weighted by molar-refractivity contribution is -0.140. The van der Waals surface area contributed by atoms with Crippen molar-refractivity contribution in [3.63, 3.8) is 0 Å². The number of carbonyl (C=O) groups excluding carboxylic acids is 2. The van der Waals surface area contributed by atoms with Crippen LogP contribution in [0.5, 0.6) is 5.75 Å². The number of nitriles is 1. The summed E-state index contributed by atoms with van der Waals surface area (Å²) < 4.78 is 28.3. The first-order valence-corrected chi connectivity index (χ1v) is 11.6. The largest absolute Gasteiger partial charge is 0.481 e. The molecule has 3 rings (SSSR count). The van der Waals surface area contributed by atoms with Crippen LogP contribution in [0, 0.1) is 17.2 Å². The van der Waals surface area contributed by atoms with E-state index in [0.717, 1.165) is 0 Å². The van der Waals surface area contributed by atoms with Gasteiger partial charge >= 0.3 is 0 Å². The van der Waals surface area contributed by atoms with Crippen molar-refractivity contribution >= 4 is 27.5 Å². The molecule has 9 nitrogen and oxygen atoms in total. The summed E-state index contributed by atoms with van der Waals surface area (Å²) in [5.41, 5.74) is 0.927. The lowest BCUT2D eigenvalue weighted by atomic mass is 9.95. The smallest absolute Gasteiger partial charge is 0.263 e. The molecule has 0 aromatic heterocycles. The Kier molecular flexibility index (Phi) is 7.12. The molecule has 0 radical (unpaired) electrons. The number of anilines is 1. The molecule has 1 saturated heterocycles. The first kappa shape index (κ1) is 23.2. The van der Waals surface area contributed by atoms with Crippen molar-refractivity contribution in [2.75, 3.05) is 18.4 Å². The maximum absolute atomic E-state index is 12.7. The van der Waals surface area contributed by atoms with Gasteiger partial charge in [-0.1, -0.05) is 6.07 Å². The number of nitrogens with zero attached hydrogens (tertiary/aromatic N) is 2. The Morgan fingerprint density at radius 2 is 1.84 bits per heavy atom. The van der Waals surface area contributed by atoms with Crippen LogP contribution in [0.25, 0.3) is 0 Å². The number of rotatable bonds is 6. The molecule has 0 bridgehead atoms. The Hall–Kier alpha value is -3.42. The quantitative estimate of drug-likeness (QED) is 0.679. The second-order valence-electron chi connectivity index (χ2n) is 7.56. The number of sulfonamides is 1. The summed E-state index contributed by atoms with van der Waals surface area (Å²) >= 11 is 0. The molecule has 1 aliphatic heterocycles. The van der Waals surface area contributed by atoms with Gasteiger partial charge in [0.1, 0.15) is 5.75 Å². The average Bonchev–Trinajstić information content (AvgIpc) is 2.78. The third kappa shape index (κ3) is 5.84. The van der Waals surface area contributed by atoms with E-state index < -0.39 is 16.1 Å². The summed E-state index contributed by atoms with van der Waals surface area (Å²) in [6.07, 6.45) is 0.291. The molecule has 1 aliphatic rings. The number of amides is 2. The fraction of sp³-hybridized carbons (Fsp3) is 0.318. The number of primary sulfonamides is 1. The molecule has 3 N–H and O–H groups in total. The van der Waals surface area contributed by atoms with Crippen molar-refractivity contribution in [1.29, 1.82) is 5.26 Å². The van der Waals surface area contributed by atoms with E-state index in [4.69, 9.17) is 15.1 Å². The van der Waals surface area contributed by atoms with Crippen molar-refractivity contribution < 1.29 is 22.7 Å². The number of hydrogen-bond donors (Lipinski definition) is 2. The fourth-order valence-electron chi connectivity index (χ4n) is 3.48. The number of nitrogens with two attached hydrogens (primary N) is 1. The van der Waals surface area contributed by atoms with Gasteiger partial charge in [0.2, 0.25) is 15.9 Å². The van der Waals surface area contributed by atoms with E-state index in [1.165, 1.54) is 24.3 Å². The van der Waals surface area contributed by atoms with Crippen molar-refractivity contribution in [2.24, 2.45) is 11.1 Å². The van der Waals surface area contributed by atoms with Gasteiger partial charge in [0.05, 0.1) is 16.5 Å². The molecule has 0 aliphatic carbocycles. The Balaban J connectivity index is 1.51. The molecule has 168 valence electrons. The van der Waals surface area contributed by atoms with Crippen molar-refractivity contribution in [2.45, 2.75) is 30.8 Å². The fourth-order valence-corrected chi connectivity index (χ4v) is 4.00. The van der Waals surface area contributed by atoms with Crippen LogP contribution in [0.15, 0.2) is 53.4 Å². The zero-order chi connectivity index (χ0) is 23.3. The van der Waals surface area contributed by atoms with Crippen LogP contribution in [-0.2, 0) is 19.6 Å². The normalized spacial score (nSPS) is 15.5. The van der Waals surface area contributed by atoms with Gasteiger partial charge < -0.3 is 15.0 Å². The molecular weight excluding hydrogens is 432 g/mol. The number of benzene rings is 2. The molecule has 1 fully saturated rings. The highest BCUT2D eigenvalue weighted by Gasteiger charge is 2.30. The number of ether oxygens (including phenoxy) is 1. The van der Waals surface area contributed by atoms with Gasteiger partial charge in [-0.3, -0.25) is 9.59 Å². The Bertz CT molecular complexity index is 1130. The minimum Gasteiger partial charge on any atom is -0.481 e. The van der Waals surface area contributed by atoms with Crippen molar-refractivity contribution in [3.8, 4) is 11.8 Å². The molecule has 2 aromatic rings. The lowest BCUT2D eigenvalue weighted by Gasteiger charge is -2.33. The predicted octanol–water partition coefficient (Wildman–Crippen LogP) is 1.85. The summed E-state index contributed by atoms with van der Waals surface area (Å²) in [5.74, 6) is -0.170. The maximum atomic E-state index is 12.7. The van der Waals surface area contributed by atoms with Gasteiger partial charge in [-0.05, 0) is 62.2 Å². The minimum atomic E-state index is -3.79. The molecule has 0 saturated carbocycles. The highest BCUT2D eigenvalue weighted by Crippen LogP contribution is 2.22. The zero-order valence-electron chi connectivity index (χ0n) is 17.5.